The van der Waals surface area contributed by atoms with E-state index in [9.17, 15) is 18.0 Å². The van der Waals surface area contributed by atoms with Gasteiger partial charge in [-0.25, -0.2) is 0 Å². The number of carbonyl (C=O) groups is 1. The van der Waals surface area contributed by atoms with E-state index in [4.69, 9.17) is 0 Å². The first-order valence-electron chi connectivity index (χ1n) is 8.51. The Morgan fingerprint density at radius 1 is 1.42 bits per heavy atom. The van der Waals surface area contributed by atoms with Crippen molar-refractivity contribution in [1.82, 2.24) is 15.1 Å². The second kappa shape index (κ2) is 7.15. The molecule has 1 aromatic rings. The van der Waals surface area contributed by atoms with E-state index in [0.717, 1.165) is 18.9 Å². The van der Waals surface area contributed by atoms with Crippen LogP contribution in [0.3, 0.4) is 0 Å². The minimum atomic E-state index is -4.46. The van der Waals surface area contributed by atoms with Crippen LogP contribution in [0.15, 0.2) is 6.07 Å². The Labute approximate surface area is 140 Å². The molecule has 0 bridgehead atoms. The molecule has 1 N–H and O–H groups in total. The van der Waals surface area contributed by atoms with Gasteiger partial charge in [-0.15, -0.1) is 0 Å². The second-order valence-electron chi connectivity index (χ2n) is 7.13. The van der Waals surface area contributed by atoms with Crippen LogP contribution in [0.4, 0.5) is 13.2 Å². The summed E-state index contributed by atoms with van der Waals surface area (Å²) in [5.74, 6) is 0.429. The number of hydrogen-bond donors (Lipinski definition) is 1. The van der Waals surface area contributed by atoms with Gasteiger partial charge in [0.25, 0.3) is 0 Å². The average Bonchev–Trinajstić information content (AvgIpc) is 2.85. The number of alkyl halides is 3. The molecule has 1 saturated carbocycles. The lowest BCUT2D eigenvalue weighted by Gasteiger charge is -2.35. The molecule has 0 spiro atoms. The third kappa shape index (κ3) is 4.30. The molecule has 0 radical (unpaired) electrons. The van der Waals surface area contributed by atoms with Gasteiger partial charge < -0.3 is 5.32 Å². The summed E-state index contributed by atoms with van der Waals surface area (Å²) in [6.07, 6.45) is -1.23. The smallest absolute Gasteiger partial charge is 0.353 e. The molecule has 1 aliphatic carbocycles. The SMILES string of the molecule is Cc1cc(C(F)(F)F)nn1C[C@@H](C)C(=O)N[C@@H]1CCC[C@H](C)[C@@H]1C. The first-order valence-corrected chi connectivity index (χ1v) is 8.51. The van der Waals surface area contributed by atoms with Crippen molar-refractivity contribution in [3.05, 3.63) is 17.5 Å². The van der Waals surface area contributed by atoms with E-state index >= 15 is 0 Å². The minimum Gasteiger partial charge on any atom is -0.353 e. The zero-order chi connectivity index (χ0) is 18.1. The van der Waals surface area contributed by atoms with Crippen molar-refractivity contribution in [2.45, 2.75) is 65.7 Å². The number of aryl methyl sites for hydroxylation is 1. The van der Waals surface area contributed by atoms with Crippen LogP contribution in [0.1, 0.15) is 51.4 Å². The molecule has 1 aliphatic rings. The van der Waals surface area contributed by atoms with E-state index in [2.05, 4.69) is 24.3 Å². The zero-order valence-corrected chi connectivity index (χ0v) is 14.7. The molecule has 2 rings (SSSR count). The number of halogens is 3. The Balaban J connectivity index is 1.98. The molecule has 0 unspecified atom stereocenters. The maximum atomic E-state index is 12.7. The number of nitrogens with zero attached hydrogens (tertiary/aromatic N) is 2. The number of nitrogens with one attached hydrogen (secondary N) is 1. The lowest BCUT2D eigenvalue weighted by atomic mass is 9.78. The first kappa shape index (κ1) is 18.8. The van der Waals surface area contributed by atoms with Crippen LogP contribution in [0.5, 0.6) is 0 Å². The summed E-state index contributed by atoms with van der Waals surface area (Å²) in [7, 11) is 0. The van der Waals surface area contributed by atoms with Crippen LogP contribution >= 0.6 is 0 Å². The quantitative estimate of drug-likeness (QED) is 0.902. The van der Waals surface area contributed by atoms with Crippen molar-refractivity contribution in [3.8, 4) is 0 Å². The van der Waals surface area contributed by atoms with E-state index in [-0.39, 0.29) is 18.5 Å². The van der Waals surface area contributed by atoms with Crippen molar-refractivity contribution in [3.63, 3.8) is 0 Å². The Morgan fingerprint density at radius 3 is 2.67 bits per heavy atom. The van der Waals surface area contributed by atoms with E-state index in [1.807, 2.05) is 0 Å². The van der Waals surface area contributed by atoms with E-state index in [0.29, 0.717) is 17.5 Å². The summed E-state index contributed by atoms with van der Waals surface area (Å²) in [5, 5.41) is 6.66. The van der Waals surface area contributed by atoms with E-state index in [1.165, 1.54) is 11.1 Å². The van der Waals surface area contributed by atoms with Crippen LogP contribution in [-0.2, 0) is 17.5 Å². The molecule has 1 heterocycles. The van der Waals surface area contributed by atoms with E-state index in [1.54, 1.807) is 13.8 Å². The van der Waals surface area contributed by atoms with Gasteiger partial charge in [0, 0.05) is 11.7 Å². The largest absolute Gasteiger partial charge is 0.435 e. The summed E-state index contributed by atoms with van der Waals surface area (Å²) in [4.78, 5) is 12.4. The normalized spacial score (nSPS) is 26.2. The summed E-state index contributed by atoms with van der Waals surface area (Å²) >= 11 is 0. The molecule has 24 heavy (non-hydrogen) atoms. The summed E-state index contributed by atoms with van der Waals surface area (Å²) < 4.78 is 39.4. The van der Waals surface area contributed by atoms with Crippen LogP contribution < -0.4 is 5.32 Å². The minimum absolute atomic E-state index is 0.121. The van der Waals surface area contributed by atoms with Gasteiger partial charge in [-0.05, 0) is 31.2 Å². The van der Waals surface area contributed by atoms with Crippen molar-refractivity contribution in [2.24, 2.45) is 17.8 Å². The first-order chi connectivity index (χ1) is 11.1. The van der Waals surface area contributed by atoms with Gasteiger partial charge in [0.05, 0.1) is 12.5 Å². The number of aromatic nitrogens is 2. The molecule has 7 heteroatoms. The topological polar surface area (TPSA) is 46.9 Å². The van der Waals surface area contributed by atoms with Gasteiger partial charge in [0.1, 0.15) is 0 Å². The summed E-state index contributed by atoms with van der Waals surface area (Å²) in [6.45, 7) is 7.77. The molecule has 4 atom stereocenters. The monoisotopic (exact) mass is 345 g/mol. The molecule has 0 saturated heterocycles. The van der Waals surface area contributed by atoms with Crippen molar-refractivity contribution >= 4 is 5.91 Å². The highest BCUT2D eigenvalue weighted by Crippen LogP contribution is 2.30. The highest BCUT2D eigenvalue weighted by Gasteiger charge is 2.35. The molecule has 1 fully saturated rings. The van der Waals surface area contributed by atoms with E-state index < -0.39 is 17.8 Å². The Hall–Kier alpha value is -1.53. The number of amides is 1. The highest BCUT2D eigenvalue weighted by molar-refractivity contribution is 5.78. The molecule has 4 nitrogen and oxygen atoms in total. The number of carbonyl (C=O) groups excluding carboxylic acids is 1. The summed E-state index contributed by atoms with van der Waals surface area (Å²) in [5.41, 5.74) is -0.510. The Bertz CT molecular complexity index is 582. The number of rotatable bonds is 4. The molecular formula is C17H26F3N3O. The van der Waals surface area contributed by atoms with Gasteiger partial charge in [0.2, 0.25) is 5.91 Å². The van der Waals surface area contributed by atoms with Gasteiger partial charge >= 0.3 is 6.18 Å². The van der Waals surface area contributed by atoms with Gasteiger partial charge in [0.15, 0.2) is 5.69 Å². The standard InChI is InChI=1S/C17H26F3N3O/c1-10-6-5-7-14(13(10)4)21-16(24)11(2)9-23-12(3)8-15(22-23)17(18,19)20/h8,10-11,13-14H,5-7,9H2,1-4H3,(H,21,24)/t10-,11+,13-,14+/m0/s1. The fraction of sp³-hybridized carbons (Fsp3) is 0.765. The highest BCUT2D eigenvalue weighted by atomic mass is 19.4. The van der Waals surface area contributed by atoms with Crippen molar-refractivity contribution < 1.29 is 18.0 Å². The fourth-order valence-corrected chi connectivity index (χ4v) is 3.29. The molecule has 136 valence electrons. The predicted molar refractivity (Wildman–Crippen MR) is 85.2 cm³/mol. The predicted octanol–water partition coefficient (Wildman–Crippen LogP) is 3.79. The fourth-order valence-electron chi connectivity index (χ4n) is 3.29. The maximum Gasteiger partial charge on any atom is 0.435 e. The number of hydrogen-bond acceptors (Lipinski definition) is 2. The summed E-state index contributed by atoms with van der Waals surface area (Å²) in [6, 6.07) is 1.16. The average molecular weight is 345 g/mol. The lowest BCUT2D eigenvalue weighted by Crippen LogP contribution is -2.46. The third-order valence-corrected chi connectivity index (χ3v) is 5.20. The van der Waals surface area contributed by atoms with Gasteiger partial charge in [-0.3, -0.25) is 9.48 Å². The molecule has 1 aromatic heterocycles. The van der Waals surface area contributed by atoms with Crippen molar-refractivity contribution in [1.29, 1.82) is 0 Å². The molecule has 1 amide bonds. The molecular weight excluding hydrogens is 319 g/mol. The Kier molecular flexibility index (Phi) is 5.60. The van der Waals surface area contributed by atoms with Crippen LogP contribution in [0.2, 0.25) is 0 Å². The lowest BCUT2D eigenvalue weighted by molar-refractivity contribution is -0.141. The van der Waals surface area contributed by atoms with Gasteiger partial charge in [-0.2, -0.15) is 18.3 Å². The van der Waals surface area contributed by atoms with Crippen LogP contribution in [0.25, 0.3) is 0 Å². The molecule has 0 aromatic carbocycles. The second-order valence-corrected chi connectivity index (χ2v) is 7.13. The Morgan fingerprint density at radius 2 is 2.08 bits per heavy atom. The molecule has 0 aliphatic heterocycles. The third-order valence-electron chi connectivity index (χ3n) is 5.20. The van der Waals surface area contributed by atoms with Crippen LogP contribution in [-0.4, -0.2) is 21.7 Å². The van der Waals surface area contributed by atoms with Gasteiger partial charge in [-0.1, -0.05) is 33.6 Å². The maximum absolute atomic E-state index is 12.7. The van der Waals surface area contributed by atoms with Crippen molar-refractivity contribution in [2.75, 3.05) is 0 Å². The van der Waals surface area contributed by atoms with Crippen LogP contribution in [0, 0.1) is 24.7 Å². The zero-order valence-electron chi connectivity index (χ0n) is 14.7.